The third-order valence-electron chi connectivity index (χ3n) is 4.09. The van der Waals surface area contributed by atoms with Crippen LogP contribution in [0.3, 0.4) is 0 Å². The molecule has 7 heteroatoms. The Balaban J connectivity index is 2.44. The van der Waals surface area contributed by atoms with Crippen molar-refractivity contribution in [3.63, 3.8) is 0 Å². The zero-order valence-corrected chi connectivity index (χ0v) is 15.2. The van der Waals surface area contributed by atoms with Crippen LogP contribution in [0.1, 0.15) is 47.0 Å². The van der Waals surface area contributed by atoms with E-state index in [2.05, 4.69) is 37.7 Å². The van der Waals surface area contributed by atoms with Crippen molar-refractivity contribution in [3.8, 4) is 0 Å². The third kappa shape index (κ3) is 4.55. The molecule has 2 rings (SSSR count). The largest absolute Gasteiger partial charge is 0.353 e. The maximum absolute atomic E-state index is 11.8. The fourth-order valence-corrected chi connectivity index (χ4v) is 3.22. The highest BCUT2D eigenvalue weighted by atomic mass is 16.6. The summed E-state index contributed by atoms with van der Waals surface area (Å²) in [5.41, 5.74) is 0.0562. The first-order valence-corrected chi connectivity index (χ1v) is 8.89. The highest BCUT2D eigenvalue weighted by Crippen LogP contribution is 2.35. The molecule has 0 unspecified atom stereocenters. The van der Waals surface area contributed by atoms with Crippen molar-refractivity contribution in [2.45, 2.75) is 47.0 Å². The summed E-state index contributed by atoms with van der Waals surface area (Å²) in [5, 5.41) is 11.8. The first kappa shape index (κ1) is 18.4. The average molecular weight is 335 g/mol. The van der Waals surface area contributed by atoms with Gasteiger partial charge in [0, 0.05) is 26.2 Å². The average Bonchev–Trinajstić information content (AvgIpc) is 2.53. The number of hydrogen-bond acceptors (Lipinski definition) is 6. The van der Waals surface area contributed by atoms with Gasteiger partial charge >= 0.3 is 5.69 Å². The van der Waals surface area contributed by atoms with Crippen LogP contribution in [0, 0.1) is 22.0 Å². The fraction of sp³-hybridized carbons (Fsp3) is 0.765. The van der Waals surface area contributed by atoms with Gasteiger partial charge in [0.25, 0.3) is 0 Å². The van der Waals surface area contributed by atoms with Crippen LogP contribution in [-0.2, 0) is 0 Å². The van der Waals surface area contributed by atoms with Crippen LogP contribution in [0.5, 0.6) is 0 Å². The number of nitro groups is 1. The Morgan fingerprint density at radius 1 is 1.12 bits per heavy atom. The molecular formula is C17H29N5O2. The van der Waals surface area contributed by atoms with E-state index in [1.165, 1.54) is 12.7 Å². The second-order valence-electron chi connectivity index (χ2n) is 7.37. The molecule has 24 heavy (non-hydrogen) atoms. The van der Waals surface area contributed by atoms with Crippen molar-refractivity contribution < 1.29 is 4.92 Å². The van der Waals surface area contributed by atoms with Crippen LogP contribution >= 0.6 is 0 Å². The van der Waals surface area contributed by atoms with Gasteiger partial charge < -0.3 is 9.80 Å². The molecule has 1 aromatic heterocycles. The predicted molar refractivity (Wildman–Crippen MR) is 96.6 cm³/mol. The Labute approximate surface area is 144 Å². The van der Waals surface area contributed by atoms with Gasteiger partial charge in [-0.2, -0.15) is 0 Å². The van der Waals surface area contributed by atoms with Crippen molar-refractivity contribution in [3.05, 3.63) is 16.4 Å². The highest BCUT2D eigenvalue weighted by Gasteiger charge is 2.31. The molecule has 0 saturated carbocycles. The Hall–Kier alpha value is -1.92. The van der Waals surface area contributed by atoms with E-state index in [9.17, 15) is 10.1 Å². The van der Waals surface area contributed by atoms with Gasteiger partial charge in [-0.25, -0.2) is 9.97 Å². The van der Waals surface area contributed by atoms with E-state index in [1.807, 2.05) is 9.80 Å². The number of piperidine rings is 1. The van der Waals surface area contributed by atoms with E-state index in [-0.39, 0.29) is 10.6 Å². The van der Waals surface area contributed by atoms with Crippen molar-refractivity contribution in [2.24, 2.45) is 11.8 Å². The number of hydrogen-bond donors (Lipinski definition) is 0. The lowest BCUT2D eigenvalue weighted by Gasteiger charge is -2.30. The standard InChI is InChI=1S/C17H29N5O2/c1-13(2)10-21(11-14(3)4)17-15(22(23)24)16(18-12-19-17)20-8-6-5-7-9-20/h12-14H,5-11H2,1-4H3. The van der Waals surface area contributed by atoms with E-state index in [1.54, 1.807) is 0 Å². The smallest absolute Gasteiger partial charge is 0.351 e. The summed E-state index contributed by atoms with van der Waals surface area (Å²) in [4.78, 5) is 24.2. The molecule has 7 nitrogen and oxygen atoms in total. The summed E-state index contributed by atoms with van der Waals surface area (Å²) >= 11 is 0. The molecule has 1 aromatic rings. The van der Waals surface area contributed by atoms with E-state index >= 15 is 0 Å². The van der Waals surface area contributed by atoms with Crippen LogP contribution in [0.15, 0.2) is 6.33 Å². The van der Waals surface area contributed by atoms with E-state index < -0.39 is 0 Å². The maximum Gasteiger partial charge on any atom is 0.353 e. The minimum atomic E-state index is -0.313. The molecule has 1 aliphatic heterocycles. The summed E-state index contributed by atoms with van der Waals surface area (Å²) in [5.74, 6) is 1.73. The van der Waals surface area contributed by atoms with Gasteiger partial charge in [-0.15, -0.1) is 0 Å². The van der Waals surface area contributed by atoms with Gasteiger partial charge in [-0.3, -0.25) is 10.1 Å². The van der Waals surface area contributed by atoms with Gasteiger partial charge in [0.05, 0.1) is 4.92 Å². The minimum absolute atomic E-state index is 0.0562. The Morgan fingerprint density at radius 3 is 2.21 bits per heavy atom. The van der Waals surface area contributed by atoms with Crippen molar-refractivity contribution in [2.75, 3.05) is 36.0 Å². The van der Waals surface area contributed by atoms with Crippen LogP contribution < -0.4 is 9.80 Å². The number of aromatic nitrogens is 2. The Morgan fingerprint density at radius 2 is 1.71 bits per heavy atom. The van der Waals surface area contributed by atoms with Crippen molar-refractivity contribution >= 4 is 17.3 Å². The summed E-state index contributed by atoms with van der Waals surface area (Å²) in [6, 6.07) is 0. The minimum Gasteiger partial charge on any atom is -0.351 e. The van der Waals surface area contributed by atoms with Crippen LogP contribution in [0.4, 0.5) is 17.3 Å². The Bertz CT molecular complexity index is 546. The Kier molecular flexibility index (Phi) is 6.34. The van der Waals surface area contributed by atoms with Gasteiger partial charge in [-0.1, -0.05) is 27.7 Å². The molecule has 2 heterocycles. The molecule has 0 atom stereocenters. The third-order valence-corrected chi connectivity index (χ3v) is 4.09. The highest BCUT2D eigenvalue weighted by molar-refractivity contribution is 5.71. The van der Waals surface area contributed by atoms with E-state index in [4.69, 9.17) is 0 Å². The van der Waals surface area contributed by atoms with Gasteiger partial charge in [0.15, 0.2) is 0 Å². The molecule has 0 N–H and O–H groups in total. The van der Waals surface area contributed by atoms with Crippen LogP contribution in [0.2, 0.25) is 0 Å². The first-order valence-electron chi connectivity index (χ1n) is 8.89. The van der Waals surface area contributed by atoms with Crippen molar-refractivity contribution in [1.82, 2.24) is 9.97 Å². The van der Waals surface area contributed by atoms with Gasteiger partial charge in [-0.05, 0) is 31.1 Å². The molecule has 1 saturated heterocycles. The lowest BCUT2D eigenvalue weighted by Crippen LogP contribution is -2.34. The molecular weight excluding hydrogens is 306 g/mol. The van der Waals surface area contributed by atoms with E-state index in [0.29, 0.717) is 23.5 Å². The molecule has 134 valence electrons. The maximum atomic E-state index is 11.8. The predicted octanol–water partition coefficient (Wildman–Crippen LogP) is 3.49. The molecule has 0 aliphatic carbocycles. The number of anilines is 2. The molecule has 1 fully saturated rings. The van der Waals surface area contributed by atoms with Gasteiger partial charge in [0.2, 0.25) is 11.6 Å². The van der Waals surface area contributed by atoms with Crippen molar-refractivity contribution in [1.29, 1.82) is 0 Å². The normalized spacial score (nSPS) is 15.2. The monoisotopic (exact) mass is 335 g/mol. The lowest BCUT2D eigenvalue weighted by molar-refractivity contribution is -0.383. The second kappa shape index (κ2) is 8.26. The lowest BCUT2D eigenvalue weighted by atomic mass is 10.1. The van der Waals surface area contributed by atoms with Crippen LogP contribution in [-0.4, -0.2) is 41.1 Å². The van der Waals surface area contributed by atoms with Gasteiger partial charge in [0.1, 0.15) is 6.33 Å². The topological polar surface area (TPSA) is 75.4 Å². The molecule has 1 aliphatic rings. The summed E-state index contributed by atoms with van der Waals surface area (Å²) < 4.78 is 0. The van der Waals surface area contributed by atoms with Crippen LogP contribution in [0.25, 0.3) is 0 Å². The summed E-state index contributed by atoms with van der Waals surface area (Å²) in [6.45, 7) is 11.6. The summed E-state index contributed by atoms with van der Waals surface area (Å²) in [7, 11) is 0. The summed E-state index contributed by atoms with van der Waals surface area (Å²) in [6.07, 6.45) is 4.76. The number of rotatable bonds is 7. The zero-order valence-electron chi connectivity index (χ0n) is 15.2. The number of nitrogens with zero attached hydrogens (tertiary/aromatic N) is 5. The first-order chi connectivity index (χ1) is 11.4. The fourth-order valence-electron chi connectivity index (χ4n) is 3.22. The molecule has 0 radical (unpaired) electrons. The molecule has 0 amide bonds. The zero-order chi connectivity index (χ0) is 17.7. The molecule has 0 spiro atoms. The second-order valence-corrected chi connectivity index (χ2v) is 7.37. The molecule has 0 aromatic carbocycles. The van der Waals surface area contributed by atoms with E-state index in [0.717, 1.165) is 39.0 Å². The molecule has 0 bridgehead atoms. The SMILES string of the molecule is CC(C)CN(CC(C)C)c1ncnc(N2CCCCC2)c1[N+](=O)[O-]. The quantitative estimate of drug-likeness (QED) is 0.561.